The first-order chi connectivity index (χ1) is 10.7. The predicted molar refractivity (Wildman–Crippen MR) is 104 cm³/mol. The Bertz CT molecular complexity index is 362. The first kappa shape index (κ1) is 22.5. The molecule has 5 N–H and O–H groups in total. The van der Waals surface area contributed by atoms with Crippen molar-refractivity contribution in [3.63, 3.8) is 0 Å². The first-order valence-electron chi connectivity index (χ1n) is 9.05. The van der Waals surface area contributed by atoms with Gasteiger partial charge in [-0.2, -0.15) is 0 Å². The van der Waals surface area contributed by atoms with Crippen LogP contribution in [-0.4, -0.2) is 25.0 Å². The molecule has 23 heavy (non-hydrogen) atoms. The second kappa shape index (κ2) is 15.1. The van der Waals surface area contributed by atoms with Crippen molar-refractivity contribution in [3.05, 3.63) is 36.2 Å². The molecule has 0 amide bonds. The van der Waals surface area contributed by atoms with Crippen LogP contribution in [0.2, 0.25) is 0 Å². The molecule has 0 aromatic carbocycles. The van der Waals surface area contributed by atoms with E-state index in [1.807, 2.05) is 6.20 Å². The Morgan fingerprint density at radius 2 is 1.52 bits per heavy atom. The van der Waals surface area contributed by atoms with E-state index in [0.29, 0.717) is 5.92 Å². The third kappa shape index (κ3) is 11.7. The Morgan fingerprint density at radius 3 is 2.17 bits per heavy atom. The van der Waals surface area contributed by atoms with Gasteiger partial charge < -0.3 is 16.8 Å². The van der Waals surface area contributed by atoms with Crippen molar-refractivity contribution < 1.29 is 0 Å². The van der Waals surface area contributed by atoms with Crippen molar-refractivity contribution >= 4 is 18.9 Å². The van der Waals surface area contributed by atoms with Crippen LogP contribution in [0, 0.1) is 5.92 Å². The van der Waals surface area contributed by atoms with Gasteiger partial charge in [-0.25, -0.2) is 0 Å². The van der Waals surface area contributed by atoms with Crippen LogP contribution in [0.1, 0.15) is 71.1 Å². The Morgan fingerprint density at radius 1 is 0.870 bits per heavy atom. The fourth-order valence-electron chi connectivity index (χ4n) is 2.95. The summed E-state index contributed by atoms with van der Waals surface area (Å²) < 4.78 is 0. The molecule has 0 saturated heterocycles. The third-order valence-electron chi connectivity index (χ3n) is 4.28. The summed E-state index contributed by atoms with van der Waals surface area (Å²) in [6, 6.07) is 0. The minimum atomic E-state index is -0.138. The zero-order valence-electron chi connectivity index (χ0n) is 14.3. The Balaban J connectivity index is 0.00000484. The van der Waals surface area contributed by atoms with Gasteiger partial charge in [-0.3, -0.25) is 0 Å². The second-order valence-corrected chi connectivity index (χ2v) is 6.36. The molecule has 4 heteroatoms. The molecule has 1 aliphatic rings. The zero-order chi connectivity index (χ0) is 16.0. The number of rotatable bonds is 12. The Hall–Kier alpha value is -0.463. The van der Waals surface area contributed by atoms with Gasteiger partial charge in [0.15, 0.2) is 0 Å². The molecule has 0 radical (unpaired) electrons. The molecule has 0 bridgehead atoms. The summed E-state index contributed by atoms with van der Waals surface area (Å²) in [7, 11) is 0. The summed E-state index contributed by atoms with van der Waals surface area (Å²) in [5.41, 5.74) is 12.5. The van der Waals surface area contributed by atoms with Crippen LogP contribution in [0.15, 0.2) is 36.2 Å². The fourth-order valence-corrected chi connectivity index (χ4v) is 2.95. The normalized spacial score (nSPS) is 14.9. The molecule has 0 aliphatic carbocycles. The van der Waals surface area contributed by atoms with E-state index >= 15 is 0 Å². The predicted octanol–water partition coefficient (Wildman–Crippen LogP) is 3.68. The summed E-state index contributed by atoms with van der Waals surface area (Å²) in [6.45, 7) is 2.27. The van der Waals surface area contributed by atoms with Crippen LogP contribution in [0.3, 0.4) is 0 Å². The van der Waals surface area contributed by atoms with Gasteiger partial charge in [0.1, 0.15) is 0 Å². The number of nitrogens with one attached hydrogen (secondary N) is 1. The topological polar surface area (TPSA) is 64.1 Å². The van der Waals surface area contributed by atoms with Crippen molar-refractivity contribution in [2.24, 2.45) is 17.4 Å². The van der Waals surface area contributed by atoms with Gasteiger partial charge in [-0.1, -0.05) is 64.0 Å². The van der Waals surface area contributed by atoms with Crippen molar-refractivity contribution in [1.82, 2.24) is 5.32 Å². The third-order valence-corrected chi connectivity index (χ3v) is 4.28. The minimum absolute atomic E-state index is 0. The molecule has 0 spiro atoms. The second-order valence-electron chi connectivity index (χ2n) is 6.36. The van der Waals surface area contributed by atoms with E-state index in [1.165, 1.54) is 57.1 Å². The summed E-state index contributed by atoms with van der Waals surface area (Å²) in [5.74, 6) is 0.663. The molecular formula is C19H36LiN3. The maximum absolute atomic E-state index is 5.58. The van der Waals surface area contributed by atoms with Crippen LogP contribution < -0.4 is 16.8 Å². The summed E-state index contributed by atoms with van der Waals surface area (Å²) in [4.78, 5) is 0. The van der Waals surface area contributed by atoms with Crippen molar-refractivity contribution in [3.8, 4) is 0 Å². The quantitative estimate of drug-likeness (QED) is 0.292. The number of nitrogens with two attached hydrogens (primary N) is 2. The Labute approximate surface area is 155 Å². The zero-order valence-corrected chi connectivity index (χ0v) is 14.3. The van der Waals surface area contributed by atoms with E-state index in [2.05, 4.69) is 36.5 Å². The number of allylic oxidation sites excluding steroid dienone is 5. The van der Waals surface area contributed by atoms with E-state index in [4.69, 9.17) is 11.5 Å². The molecule has 3 nitrogen and oxygen atoms in total. The van der Waals surface area contributed by atoms with Crippen LogP contribution >= 0.6 is 0 Å². The van der Waals surface area contributed by atoms with Crippen LogP contribution in [-0.2, 0) is 0 Å². The van der Waals surface area contributed by atoms with Gasteiger partial charge in [0.2, 0.25) is 0 Å². The van der Waals surface area contributed by atoms with Crippen LogP contribution in [0.5, 0.6) is 0 Å². The van der Waals surface area contributed by atoms with Crippen molar-refractivity contribution in [1.29, 1.82) is 0 Å². The average Bonchev–Trinajstić information content (AvgIpc) is 2.78. The average molecular weight is 313 g/mol. The molecule has 1 rings (SSSR count). The van der Waals surface area contributed by atoms with Gasteiger partial charge in [0.25, 0.3) is 0 Å². The number of hydrogen-bond acceptors (Lipinski definition) is 3. The summed E-state index contributed by atoms with van der Waals surface area (Å²) >= 11 is 0. The van der Waals surface area contributed by atoms with E-state index in [1.54, 1.807) is 0 Å². The van der Waals surface area contributed by atoms with Crippen molar-refractivity contribution in [2.45, 2.75) is 77.3 Å². The van der Waals surface area contributed by atoms with Crippen molar-refractivity contribution in [2.75, 3.05) is 0 Å². The monoisotopic (exact) mass is 313 g/mol. The van der Waals surface area contributed by atoms with Gasteiger partial charge in [0.05, 0.1) is 6.17 Å². The van der Waals surface area contributed by atoms with Crippen LogP contribution in [0.25, 0.3) is 0 Å². The standard InChI is InChI=1S/C19H35N3.Li.H/c1-2-3-7-12-17(18-14-9-6-11-16-22-18)13-8-4-5-10-15-19(20)21;;/h6,9,11,14,16-17,19,22H,2-5,7-8,10,12-13,15,20-21H2,1H3;;. The van der Waals surface area contributed by atoms with E-state index in [0.717, 1.165) is 12.8 Å². The van der Waals surface area contributed by atoms with Crippen LogP contribution in [0.4, 0.5) is 0 Å². The SMILES string of the molecule is CCCCCC(CCCCCCC(N)N)C1=CC=CC=CN1.[LiH]. The molecule has 128 valence electrons. The first-order valence-corrected chi connectivity index (χ1v) is 9.05. The molecule has 0 aromatic rings. The number of unbranched alkanes of at least 4 members (excludes halogenated alkanes) is 5. The summed E-state index contributed by atoms with van der Waals surface area (Å²) in [5, 5.41) is 3.46. The molecule has 1 heterocycles. The van der Waals surface area contributed by atoms with E-state index in [9.17, 15) is 0 Å². The maximum atomic E-state index is 5.58. The molecule has 0 saturated carbocycles. The molecule has 1 aliphatic heterocycles. The molecule has 0 fully saturated rings. The molecule has 1 atom stereocenters. The van der Waals surface area contributed by atoms with E-state index < -0.39 is 0 Å². The van der Waals surface area contributed by atoms with Gasteiger partial charge in [-0.15, -0.1) is 0 Å². The van der Waals surface area contributed by atoms with Gasteiger partial charge in [-0.05, 0) is 37.3 Å². The van der Waals surface area contributed by atoms with E-state index in [-0.39, 0.29) is 25.0 Å². The molecule has 0 aromatic heterocycles. The van der Waals surface area contributed by atoms with Gasteiger partial charge in [0, 0.05) is 11.9 Å². The number of hydrogen-bond donors (Lipinski definition) is 3. The summed E-state index contributed by atoms with van der Waals surface area (Å²) in [6.07, 6.45) is 22.9. The fraction of sp³-hybridized carbons (Fsp3) is 0.684. The molecular weight excluding hydrogens is 277 g/mol. The molecule has 1 unspecified atom stereocenters. The van der Waals surface area contributed by atoms with Gasteiger partial charge >= 0.3 is 18.9 Å². The Kier molecular flexibility index (Phi) is 14.8.